The number of rotatable bonds is 3. The lowest BCUT2D eigenvalue weighted by Gasteiger charge is -2.06. The lowest BCUT2D eigenvalue weighted by Crippen LogP contribution is -2.06. The van der Waals surface area contributed by atoms with Gasteiger partial charge in [-0.15, -0.1) is 0 Å². The predicted molar refractivity (Wildman–Crippen MR) is 71.4 cm³/mol. The first-order valence-corrected chi connectivity index (χ1v) is 6.06. The topological polar surface area (TPSA) is 78.9 Å². The van der Waals surface area contributed by atoms with Crippen LogP contribution in [-0.2, 0) is 13.7 Å². The first-order chi connectivity index (χ1) is 10.0. The van der Waals surface area contributed by atoms with Crippen molar-refractivity contribution in [2.45, 2.75) is 6.61 Å². The van der Waals surface area contributed by atoms with Crippen LogP contribution < -0.4 is 10.5 Å². The zero-order valence-electron chi connectivity index (χ0n) is 11.0. The van der Waals surface area contributed by atoms with Crippen molar-refractivity contribution in [3.8, 4) is 5.75 Å². The van der Waals surface area contributed by atoms with E-state index in [1.807, 2.05) is 0 Å². The number of hydrogen-bond acceptors (Lipinski definition) is 5. The van der Waals surface area contributed by atoms with E-state index >= 15 is 0 Å². The minimum absolute atomic E-state index is 0.0175. The van der Waals surface area contributed by atoms with E-state index in [0.29, 0.717) is 16.9 Å². The Balaban J connectivity index is 1.84. The summed E-state index contributed by atoms with van der Waals surface area (Å²) in [6, 6.07) is 3.27. The molecule has 0 aliphatic rings. The molecule has 8 heteroatoms. The third-order valence-electron chi connectivity index (χ3n) is 2.93. The molecule has 0 aliphatic heterocycles. The maximum absolute atomic E-state index is 13.1. The highest BCUT2D eigenvalue weighted by molar-refractivity contribution is 5.84. The third-order valence-corrected chi connectivity index (χ3v) is 2.93. The van der Waals surface area contributed by atoms with Crippen LogP contribution in [0, 0.1) is 11.6 Å². The fourth-order valence-electron chi connectivity index (χ4n) is 1.87. The van der Waals surface area contributed by atoms with Crippen LogP contribution >= 0.6 is 0 Å². The molecule has 3 aromatic rings. The van der Waals surface area contributed by atoms with Crippen molar-refractivity contribution in [3.05, 3.63) is 41.9 Å². The van der Waals surface area contributed by atoms with Crippen LogP contribution in [0.1, 0.15) is 5.82 Å². The van der Waals surface area contributed by atoms with Gasteiger partial charge >= 0.3 is 0 Å². The molecule has 0 aliphatic carbocycles. The number of benzene rings is 1. The van der Waals surface area contributed by atoms with Gasteiger partial charge in [-0.3, -0.25) is 4.68 Å². The molecule has 6 nitrogen and oxygen atoms in total. The Labute approximate surface area is 118 Å². The number of nitrogens with zero attached hydrogens (tertiary/aromatic N) is 4. The first-order valence-electron chi connectivity index (χ1n) is 6.06. The molecule has 0 fully saturated rings. The molecule has 108 valence electrons. The molecule has 2 N–H and O–H groups in total. The van der Waals surface area contributed by atoms with E-state index in [2.05, 4.69) is 15.1 Å². The van der Waals surface area contributed by atoms with Crippen molar-refractivity contribution < 1.29 is 13.5 Å². The third kappa shape index (κ3) is 2.47. The van der Waals surface area contributed by atoms with Gasteiger partial charge in [-0.05, 0) is 12.1 Å². The molecule has 0 radical (unpaired) electrons. The predicted octanol–water partition coefficient (Wildman–Crippen LogP) is 1.80. The van der Waals surface area contributed by atoms with Crippen LogP contribution in [0.4, 0.5) is 14.6 Å². The smallest absolute Gasteiger partial charge is 0.170 e. The van der Waals surface area contributed by atoms with Gasteiger partial charge in [0.15, 0.2) is 23.1 Å². The van der Waals surface area contributed by atoms with Gasteiger partial charge in [0.05, 0.1) is 11.6 Å². The number of ether oxygens (including phenoxy) is 1. The van der Waals surface area contributed by atoms with E-state index in [-0.39, 0.29) is 18.2 Å². The number of fused-ring (bicyclic) bond motifs is 1. The SMILES string of the molecule is Cn1ncc2c(N)nc(COc3ccc(F)c(F)c3)nc21. The monoisotopic (exact) mass is 291 g/mol. The van der Waals surface area contributed by atoms with Crippen LogP contribution in [0.2, 0.25) is 0 Å². The van der Waals surface area contributed by atoms with Crippen LogP contribution in [0.3, 0.4) is 0 Å². The average Bonchev–Trinajstić information content (AvgIpc) is 2.83. The molecule has 0 saturated heterocycles. The molecule has 21 heavy (non-hydrogen) atoms. The number of aromatic nitrogens is 4. The Bertz CT molecular complexity index is 818. The summed E-state index contributed by atoms with van der Waals surface area (Å²) in [5, 5.41) is 4.69. The summed E-state index contributed by atoms with van der Waals surface area (Å²) in [5.74, 6) is -1.11. The summed E-state index contributed by atoms with van der Waals surface area (Å²) < 4.78 is 32.8. The van der Waals surface area contributed by atoms with Gasteiger partial charge in [-0.25, -0.2) is 18.7 Å². The van der Waals surface area contributed by atoms with Crippen molar-refractivity contribution in [3.63, 3.8) is 0 Å². The molecule has 0 spiro atoms. The fraction of sp³-hybridized carbons (Fsp3) is 0.154. The molecule has 0 amide bonds. The number of hydrogen-bond donors (Lipinski definition) is 1. The van der Waals surface area contributed by atoms with Gasteiger partial charge in [0, 0.05) is 13.1 Å². The van der Waals surface area contributed by atoms with E-state index in [9.17, 15) is 8.78 Å². The fourth-order valence-corrected chi connectivity index (χ4v) is 1.87. The highest BCUT2D eigenvalue weighted by atomic mass is 19.2. The van der Waals surface area contributed by atoms with Gasteiger partial charge in [-0.2, -0.15) is 5.10 Å². The second kappa shape index (κ2) is 4.97. The summed E-state index contributed by atoms with van der Waals surface area (Å²) in [7, 11) is 1.73. The quantitative estimate of drug-likeness (QED) is 0.796. The Kier molecular flexibility index (Phi) is 3.13. The standard InChI is InChI=1S/C13H11F2N5O/c1-20-13-8(5-17-20)12(16)18-11(19-13)6-21-7-2-3-9(14)10(15)4-7/h2-5H,6H2,1H3,(H2,16,18,19). The Morgan fingerprint density at radius 1 is 1.24 bits per heavy atom. The maximum atomic E-state index is 13.1. The average molecular weight is 291 g/mol. The molecular formula is C13H11F2N5O. The molecule has 0 saturated carbocycles. The van der Waals surface area contributed by atoms with Crippen molar-refractivity contribution in [1.82, 2.24) is 19.7 Å². The number of anilines is 1. The number of nitrogens with two attached hydrogens (primary N) is 1. The molecule has 1 aromatic carbocycles. The van der Waals surface area contributed by atoms with Gasteiger partial charge in [0.1, 0.15) is 18.2 Å². The minimum atomic E-state index is -0.977. The lowest BCUT2D eigenvalue weighted by molar-refractivity contribution is 0.293. The highest BCUT2D eigenvalue weighted by Crippen LogP contribution is 2.19. The Morgan fingerprint density at radius 2 is 2.05 bits per heavy atom. The van der Waals surface area contributed by atoms with E-state index in [0.717, 1.165) is 12.1 Å². The Hall–Kier alpha value is -2.77. The number of nitrogen functional groups attached to an aromatic ring is 1. The van der Waals surface area contributed by atoms with Crippen molar-refractivity contribution >= 4 is 16.9 Å². The summed E-state index contributed by atoms with van der Waals surface area (Å²) in [6.07, 6.45) is 1.57. The molecule has 3 rings (SSSR count). The van der Waals surface area contributed by atoms with Crippen molar-refractivity contribution in [2.75, 3.05) is 5.73 Å². The van der Waals surface area contributed by atoms with Crippen LogP contribution in [0.15, 0.2) is 24.4 Å². The molecule has 2 heterocycles. The summed E-state index contributed by atoms with van der Waals surface area (Å²) in [5.41, 5.74) is 6.39. The molecule has 0 unspecified atom stereocenters. The summed E-state index contributed by atoms with van der Waals surface area (Å²) >= 11 is 0. The zero-order valence-corrected chi connectivity index (χ0v) is 11.0. The normalized spacial score (nSPS) is 11.0. The first kappa shape index (κ1) is 13.2. The highest BCUT2D eigenvalue weighted by Gasteiger charge is 2.10. The van der Waals surface area contributed by atoms with E-state index in [4.69, 9.17) is 10.5 Å². The summed E-state index contributed by atoms with van der Waals surface area (Å²) in [4.78, 5) is 8.36. The van der Waals surface area contributed by atoms with E-state index < -0.39 is 11.6 Å². The Morgan fingerprint density at radius 3 is 2.81 bits per heavy atom. The molecule has 0 atom stereocenters. The zero-order chi connectivity index (χ0) is 15.0. The van der Waals surface area contributed by atoms with Crippen molar-refractivity contribution in [2.24, 2.45) is 7.05 Å². The van der Waals surface area contributed by atoms with Crippen molar-refractivity contribution in [1.29, 1.82) is 0 Å². The lowest BCUT2D eigenvalue weighted by atomic mass is 10.3. The van der Waals surface area contributed by atoms with Gasteiger partial charge in [0.25, 0.3) is 0 Å². The number of aryl methyl sites for hydroxylation is 1. The van der Waals surface area contributed by atoms with Gasteiger partial charge < -0.3 is 10.5 Å². The van der Waals surface area contributed by atoms with Gasteiger partial charge in [0.2, 0.25) is 0 Å². The number of halogens is 2. The molecular weight excluding hydrogens is 280 g/mol. The summed E-state index contributed by atoms with van der Waals surface area (Å²) in [6.45, 7) is -0.0175. The van der Waals surface area contributed by atoms with Gasteiger partial charge in [-0.1, -0.05) is 0 Å². The van der Waals surface area contributed by atoms with E-state index in [1.54, 1.807) is 17.9 Å². The molecule has 2 aromatic heterocycles. The van der Waals surface area contributed by atoms with Crippen LogP contribution in [0.5, 0.6) is 5.75 Å². The second-order valence-electron chi connectivity index (χ2n) is 4.40. The van der Waals surface area contributed by atoms with Crippen LogP contribution in [0.25, 0.3) is 11.0 Å². The maximum Gasteiger partial charge on any atom is 0.170 e. The largest absolute Gasteiger partial charge is 0.486 e. The second-order valence-corrected chi connectivity index (χ2v) is 4.40. The van der Waals surface area contributed by atoms with Crippen LogP contribution in [-0.4, -0.2) is 19.7 Å². The van der Waals surface area contributed by atoms with E-state index in [1.165, 1.54) is 6.07 Å². The minimum Gasteiger partial charge on any atom is -0.486 e. The molecule has 0 bridgehead atoms.